The van der Waals surface area contributed by atoms with Gasteiger partial charge in [0.25, 0.3) is 0 Å². The quantitative estimate of drug-likeness (QED) is 0.786. The van der Waals surface area contributed by atoms with Crippen LogP contribution in [0.1, 0.15) is 20.8 Å². The number of amides is 1. The fourth-order valence-electron chi connectivity index (χ4n) is 1.35. The van der Waals surface area contributed by atoms with Gasteiger partial charge >= 0.3 is 6.09 Å². The lowest BCUT2D eigenvalue weighted by Crippen LogP contribution is -2.37. The number of carbonyl (C=O) groups is 1. The minimum absolute atomic E-state index is 0.357. The minimum Gasteiger partial charge on any atom is -0.444 e. The molecule has 0 aromatic rings. The van der Waals surface area contributed by atoms with Crippen LogP contribution in [0.2, 0.25) is 0 Å². The molecule has 0 bridgehead atoms. The number of nitrogens with zero attached hydrogens (tertiary/aromatic N) is 2. The van der Waals surface area contributed by atoms with E-state index in [4.69, 9.17) is 4.74 Å². The fourth-order valence-corrected chi connectivity index (χ4v) is 1.35. The topological polar surface area (TPSA) is 44.8 Å². The van der Waals surface area contributed by atoms with Crippen molar-refractivity contribution in [2.45, 2.75) is 26.4 Å². The first-order valence-corrected chi connectivity index (χ1v) is 5.46. The molecule has 1 N–H and O–H groups in total. The Morgan fingerprint density at radius 2 is 2.12 bits per heavy atom. The monoisotopic (exact) mass is 227 g/mol. The maximum absolute atomic E-state index is 11.3. The Morgan fingerprint density at radius 3 is 2.62 bits per heavy atom. The zero-order valence-corrected chi connectivity index (χ0v) is 10.5. The van der Waals surface area contributed by atoms with Gasteiger partial charge in [0.05, 0.1) is 6.67 Å². The van der Waals surface area contributed by atoms with Crippen LogP contribution in [-0.4, -0.2) is 48.3 Å². The van der Waals surface area contributed by atoms with Crippen molar-refractivity contribution in [3.05, 3.63) is 12.4 Å². The summed E-state index contributed by atoms with van der Waals surface area (Å²) in [7, 11) is 2.01. The molecule has 5 nitrogen and oxygen atoms in total. The van der Waals surface area contributed by atoms with E-state index in [2.05, 4.69) is 15.1 Å². The minimum atomic E-state index is -0.433. The highest BCUT2D eigenvalue weighted by molar-refractivity contribution is 5.67. The van der Waals surface area contributed by atoms with Gasteiger partial charge < -0.3 is 19.9 Å². The summed E-state index contributed by atoms with van der Waals surface area (Å²) in [6.45, 7) is 7.81. The first-order chi connectivity index (χ1) is 7.37. The van der Waals surface area contributed by atoms with Crippen molar-refractivity contribution < 1.29 is 9.53 Å². The zero-order chi connectivity index (χ0) is 12.2. The van der Waals surface area contributed by atoms with Crippen molar-refractivity contribution in [2.24, 2.45) is 0 Å². The number of hydrogen-bond donors (Lipinski definition) is 1. The molecular formula is C11H21N3O2. The largest absolute Gasteiger partial charge is 0.444 e. The van der Waals surface area contributed by atoms with Crippen LogP contribution in [0.4, 0.5) is 4.79 Å². The van der Waals surface area contributed by atoms with Gasteiger partial charge in [0.1, 0.15) is 5.60 Å². The lowest BCUT2D eigenvalue weighted by Gasteiger charge is -2.21. The molecule has 0 aromatic heterocycles. The summed E-state index contributed by atoms with van der Waals surface area (Å²) < 4.78 is 5.13. The van der Waals surface area contributed by atoms with Crippen molar-refractivity contribution >= 4 is 6.09 Å². The summed E-state index contributed by atoms with van der Waals surface area (Å²) in [5, 5.41) is 2.73. The van der Waals surface area contributed by atoms with Crippen molar-refractivity contribution in [3.63, 3.8) is 0 Å². The van der Waals surface area contributed by atoms with Crippen molar-refractivity contribution in [1.29, 1.82) is 0 Å². The molecule has 1 aliphatic rings. The van der Waals surface area contributed by atoms with Crippen LogP contribution in [0.25, 0.3) is 0 Å². The molecule has 0 spiro atoms. The van der Waals surface area contributed by atoms with E-state index in [1.54, 1.807) is 0 Å². The molecular weight excluding hydrogens is 206 g/mol. The van der Waals surface area contributed by atoms with Gasteiger partial charge in [-0.2, -0.15) is 0 Å². The fraction of sp³-hybridized carbons (Fsp3) is 0.727. The third kappa shape index (κ3) is 4.91. The number of hydrogen-bond acceptors (Lipinski definition) is 4. The molecule has 0 saturated carbocycles. The van der Waals surface area contributed by atoms with Crippen LogP contribution >= 0.6 is 0 Å². The molecule has 1 amide bonds. The van der Waals surface area contributed by atoms with Gasteiger partial charge in [-0.1, -0.05) is 0 Å². The summed E-state index contributed by atoms with van der Waals surface area (Å²) in [4.78, 5) is 15.5. The molecule has 1 heterocycles. The highest BCUT2D eigenvalue weighted by Crippen LogP contribution is 2.06. The lowest BCUT2D eigenvalue weighted by atomic mass is 10.2. The predicted octanol–water partition coefficient (Wildman–Crippen LogP) is 1.19. The molecule has 0 radical (unpaired) electrons. The number of ether oxygens (including phenoxy) is 1. The Hall–Kier alpha value is -1.39. The van der Waals surface area contributed by atoms with Crippen molar-refractivity contribution in [2.75, 3.05) is 26.8 Å². The van der Waals surface area contributed by atoms with Crippen LogP contribution in [-0.2, 0) is 4.74 Å². The first kappa shape index (κ1) is 12.7. The molecule has 0 aromatic carbocycles. The Balaban J connectivity index is 2.12. The highest BCUT2D eigenvalue weighted by Gasteiger charge is 2.16. The molecule has 16 heavy (non-hydrogen) atoms. The third-order valence-corrected chi connectivity index (χ3v) is 2.00. The molecule has 0 atom stereocenters. The van der Waals surface area contributed by atoms with Crippen LogP contribution < -0.4 is 5.32 Å². The Bertz CT molecular complexity index is 271. The maximum Gasteiger partial charge on any atom is 0.407 e. The van der Waals surface area contributed by atoms with Crippen LogP contribution in [0.5, 0.6) is 0 Å². The van der Waals surface area contributed by atoms with Crippen molar-refractivity contribution in [3.8, 4) is 0 Å². The average Bonchev–Trinajstić information content (AvgIpc) is 2.48. The second-order valence-electron chi connectivity index (χ2n) is 4.94. The molecule has 1 rings (SSSR count). The van der Waals surface area contributed by atoms with E-state index < -0.39 is 5.60 Å². The third-order valence-electron chi connectivity index (χ3n) is 2.00. The number of carbonyl (C=O) groups excluding carboxylic acids is 1. The Morgan fingerprint density at radius 1 is 1.44 bits per heavy atom. The maximum atomic E-state index is 11.3. The second kappa shape index (κ2) is 5.09. The van der Waals surface area contributed by atoms with E-state index in [0.29, 0.717) is 6.54 Å². The van der Waals surface area contributed by atoms with Crippen molar-refractivity contribution in [1.82, 2.24) is 15.1 Å². The standard InChI is InChI=1S/C11H21N3O2/c1-11(2,3)16-10(15)12-5-6-14-8-7-13(4)9-14/h7-8H,5-6,9H2,1-4H3,(H,12,15). The van der Waals surface area contributed by atoms with Gasteiger partial charge in [-0.05, 0) is 20.8 Å². The normalized spacial score (nSPS) is 15.5. The molecule has 0 saturated heterocycles. The summed E-state index contributed by atoms with van der Waals surface area (Å²) in [6, 6.07) is 0. The molecule has 5 heteroatoms. The van der Waals surface area contributed by atoms with E-state index in [1.165, 1.54) is 0 Å². The Labute approximate surface area is 97.0 Å². The SMILES string of the molecule is CN1C=CN(CCNC(=O)OC(C)(C)C)C1. The summed E-state index contributed by atoms with van der Waals surface area (Å²) >= 11 is 0. The van der Waals surface area contributed by atoms with E-state index in [1.807, 2.05) is 40.2 Å². The van der Waals surface area contributed by atoms with Crippen LogP contribution in [0.3, 0.4) is 0 Å². The summed E-state index contributed by atoms with van der Waals surface area (Å²) in [5.74, 6) is 0. The zero-order valence-electron chi connectivity index (χ0n) is 10.5. The summed E-state index contributed by atoms with van der Waals surface area (Å²) in [6.07, 6.45) is 3.66. The van der Waals surface area contributed by atoms with Gasteiger partial charge in [-0.15, -0.1) is 0 Å². The molecule has 0 fully saturated rings. The van der Waals surface area contributed by atoms with Crippen LogP contribution in [0.15, 0.2) is 12.4 Å². The van der Waals surface area contributed by atoms with Gasteiger partial charge in [-0.25, -0.2) is 4.79 Å². The lowest BCUT2D eigenvalue weighted by molar-refractivity contribution is 0.0524. The summed E-state index contributed by atoms with van der Waals surface area (Å²) in [5.41, 5.74) is -0.433. The highest BCUT2D eigenvalue weighted by atomic mass is 16.6. The Kier molecular flexibility index (Phi) is 4.04. The average molecular weight is 227 g/mol. The van der Waals surface area contributed by atoms with Gasteiger partial charge in [0.2, 0.25) is 0 Å². The van der Waals surface area contributed by atoms with E-state index in [0.717, 1.165) is 13.2 Å². The molecule has 92 valence electrons. The number of alkyl carbamates (subject to hydrolysis) is 1. The number of nitrogens with one attached hydrogen (secondary N) is 1. The molecule has 0 unspecified atom stereocenters. The van der Waals surface area contributed by atoms with E-state index in [9.17, 15) is 4.79 Å². The van der Waals surface area contributed by atoms with Gasteiger partial charge in [0.15, 0.2) is 0 Å². The molecule has 0 aliphatic carbocycles. The molecule has 1 aliphatic heterocycles. The van der Waals surface area contributed by atoms with Gasteiger partial charge in [-0.3, -0.25) is 0 Å². The van der Waals surface area contributed by atoms with Gasteiger partial charge in [0, 0.05) is 32.5 Å². The second-order valence-corrected chi connectivity index (χ2v) is 4.94. The van der Waals surface area contributed by atoms with E-state index in [-0.39, 0.29) is 6.09 Å². The van der Waals surface area contributed by atoms with E-state index >= 15 is 0 Å². The smallest absolute Gasteiger partial charge is 0.407 e. The predicted molar refractivity (Wildman–Crippen MR) is 62.7 cm³/mol. The first-order valence-electron chi connectivity index (χ1n) is 5.46. The van der Waals surface area contributed by atoms with Crippen LogP contribution in [0, 0.1) is 0 Å². The number of rotatable bonds is 3.